The monoisotopic (exact) mass is 422 g/mol. The van der Waals surface area contributed by atoms with E-state index in [0.717, 1.165) is 37.5 Å². The van der Waals surface area contributed by atoms with Gasteiger partial charge in [0.1, 0.15) is 0 Å². The smallest absolute Gasteiger partial charge is 0.321 e. The Morgan fingerprint density at radius 2 is 1.77 bits per heavy atom. The van der Waals surface area contributed by atoms with Crippen LogP contribution >= 0.6 is 11.6 Å². The Balaban J connectivity index is 1.42. The van der Waals surface area contributed by atoms with E-state index in [1.54, 1.807) is 24.3 Å². The van der Waals surface area contributed by atoms with E-state index in [9.17, 15) is 4.79 Å². The van der Waals surface area contributed by atoms with E-state index < -0.39 is 0 Å². The van der Waals surface area contributed by atoms with Crippen LogP contribution in [0.5, 0.6) is 0 Å². The van der Waals surface area contributed by atoms with E-state index >= 15 is 0 Å². The number of nitrogens with zero attached hydrogens (tertiary/aromatic N) is 3. The third kappa shape index (κ3) is 3.90. The minimum absolute atomic E-state index is 0.0716. The summed E-state index contributed by atoms with van der Waals surface area (Å²) in [6.45, 7) is 7.06. The Morgan fingerprint density at radius 3 is 2.33 bits per heavy atom. The van der Waals surface area contributed by atoms with E-state index in [0.29, 0.717) is 23.3 Å². The number of hydrogen-bond acceptors (Lipinski definition) is 3. The van der Waals surface area contributed by atoms with Crippen LogP contribution in [0.3, 0.4) is 0 Å². The number of nitrogens with one attached hydrogen (secondary N) is 1. The summed E-state index contributed by atoms with van der Waals surface area (Å²) in [4.78, 5) is 17.2. The van der Waals surface area contributed by atoms with E-state index in [1.807, 2.05) is 17.0 Å². The predicted octanol–water partition coefficient (Wildman–Crippen LogP) is 5.29. The largest absolute Gasteiger partial charge is 0.324 e. The first-order valence-electron chi connectivity index (χ1n) is 10.5. The number of anilines is 1. The summed E-state index contributed by atoms with van der Waals surface area (Å²) in [7, 11) is 0. The van der Waals surface area contributed by atoms with Gasteiger partial charge in [0.15, 0.2) is 0 Å². The molecular formula is C24H27ClN4O. The highest BCUT2D eigenvalue weighted by molar-refractivity contribution is 6.30. The number of hydrogen-bond donors (Lipinski definition) is 1. The van der Waals surface area contributed by atoms with E-state index in [4.69, 9.17) is 16.9 Å². The Bertz CT molecular complexity index is 941. The van der Waals surface area contributed by atoms with Gasteiger partial charge in [0.2, 0.25) is 0 Å². The molecule has 2 fully saturated rings. The molecule has 2 heterocycles. The van der Waals surface area contributed by atoms with Crippen LogP contribution in [0.4, 0.5) is 10.5 Å². The molecule has 2 amide bonds. The SMILES string of the molecule is CC(C)N1CC2(CCN(C(=O)Nc3ccc(C#N)cc3)CC2)C1c1ccc(Cl)cc1. The van der Waals surface area contributed by atoms with E-state index in [1.165, 1.54) is 5.56 Å². The molecule has 2 aromatic rings. The average Bonchev–Trinajstić information content (AvgIpc) is 2.74. The van der Waals surface area contributed by atoms with Gasteiger partial charge in [0.25, 0.3) is 0 Å². The van der Waals surface area contributed by atoms with Crippen LogP contribution in [-0.4, -0.2) is 41.5 Å². The van der Waals surface area contributed by atoms with Gasteiger partial charge in [-0.25, -0.2) is 4.79 Å². The Labute approximate surface area is 183 Å². The summed E-state index contributed by atoms with van der Waals surface area (Å²) >= 11 is 6.11. The summed E-state index contributed by atoms with van der Waals surface area (Å²) in [5, 5.41) is 12.6. The second-order valence-corrected chi connectivity index (χ2v) is 9.13. The van der Waals surface area contributed by atoms with Crippen LogP contribution < -0.4 is 5.32 Å². The second kappa shape index (κ2) is 8.29. The summed E-state index contributed by atoms with van der Waals surface area (Å²) in [6.07, 6.45) is 1.98. The highest BCUT2D eigenvalue weighted by Crippen LogP contribution is 2.55. The molecule has 0 bridgehead atoms. The molecule has 2 aliphatic rings. The van der Waals surface area contributed by atoms with Gasteiger partial charge in [-0.15, -0.1) is 0 Å². The molecule has 1 spiro atoms. The van der Waals surface area contributed by atoms with Crippen molar-refractivity contribution in [2.45, 2.75) is 38.8 Å². The van der Waals surface area contributed by atoms with Crippen molar-refractivity contribution in [1.82, 2.24) is 9.80 Å². The van der Waals surface area contributed by atoms with Gasteiger partial charge < -0.3 is 10.2 Å². The average molecular weight is 423 g/mol. The molecule has 156 valence electrons. The summed E-state index contributed by atoms with van der Waals surface area (Å²) in [6, 6.07) is 18.1. The molecule has 2 aromatic carbocycles. The van der Waals surface area contributed by atoms with Gasteiger partial charge in [0.05, 0.1) is 11.6 Å². The summed E-state index contributed by atoms with van der Waals surface area (Å²) in [5.41, 5.74) is 2.83. The molecular weight excluding hydrogens is 396 g/mol. The Hall–Kier alpha value is -2.55. The first-order valence-corrected chi connectivity index (χ1v) is 10.9. The lowest BCUT2D eigenvalue weighted by molar-refractivity contribution is -0.123. The minimum Gasteiger partial charge on any atom is -0.324 e. The number of halogens is 1. The van der Waals surface area contributed by atoms with E-state index in [2.05, 4.69) is 42.3 Å². The first kappa shape index (κ1) is 20.7. The molecule has 4 rings (SSSR count). The molecule has 0 radical (unpaired) electrons. The van der Waals surface area contributed by atoms with Crippen LogP contribution in [0.15, 0.2) is 48.5 Å². The molecule has 5 nitrogen and oxygen atoms in total. The predicted molar refractivity (Wildman–Crippen MR) is 119 cm³/mol. The number of piperidine rings is 1. The number of benzene rings is 2. The van der Waals surface area contributed by atoms with Crippen molar-refractivity contribution in [3.63, 3.8) is 0 Å². The zero-order valence-corrected chi connectivity index (χ0v) is 18.2. The molecule has 2 aliphatic heterocycles. The fourth-order valence-corrected chi connectivity index (χ4v) is 4.99. The molecule has 1 atom stereocenters. The van der Waals surface area contributed by atoms with Crippen molar-refractivity contribution in [3.05, 3.63) is 64.7 Å². The maximum Gasteiger partial charge on any atom is 0.321 e. The maximum atomic E-state index is 12.7. The van der Waals surface area contributed by atoms with Gasteiger partial charge >= 0.3 is 6.03 Å². The van der Waals surface area contributed by atoms with E-state index in [-0.39, 0.29) is 11.4 Å². The van der Waals surface area contributed by atoms with Crippen molar-refractivity contribution in [2.24, 2.45) is 5.41 Å². The van der Waals surface area contributed by atoms with Crippen molar-refractivity contribution in [3.8, 4) is 6.07 Å². The van der Waals surface area contributed by atoms with Crippen molar-refractivity contribution in [2.75, 3.05) is 25.0 Å². The zero-order chi connectivity index (χ0) is 21.3. The third-order valence-electron chi connectivity index (χ3n) is 6.57. The van der Waals surface area contributed by atoms with Gasteiger partial charge in [-0.05, 0) is 68.7 Å². The Kier molecular flexibility index (Phi) is 5.73. The lowest BCUT2D eigenvalue weighted by atomic mass is 9.62. The van der Waals surface area contributed by atoms with Gasteiger partial charge in [-0.1, -0.05) is 23.7 Å². The number of carbonyl (C=O) groups is 1. The molecule has 0 saturated carbocycles. The second-order valence-electron chi connectivity index (χ2n) is 8.69. The molecule has 2 saturated heterocycles. The van der Waals surface area contributed by atoms with Crippen LogP contribution in [0.1, 0.15) is 43.9 Å². The van der Waals surface area contributed by atoms with Gasteiger partial charge in [-0.3, -0.25) is 4.90 Å². The highest BCUT2D eigenvalue weighted by Gasteiger charge is 2.54. The third-order valence-corrected chi connectivity index (χ3v) is 6.82. The number of carbonyl (C=O) groups excluding carboxylic acids is 1. The standard InChI is InChI=1S/C24H27ClN4O/c1-17(2)29-16-24(22(29)19-5-7-20(25)8-6-19)11-13-28(14-12-24)23(30)27-21-9-3-18(15-26)4-10-21/h3-10,17,22H,11-14,16H2,1-2H3,(H,27,30). The molecule has 1 N–H and O–H groups in total. The Morgan fingerprint density at radius 1 is 1.13 bits per heavy atom. The lowest BCUT2D eigenvalue weighted by Gasteiger charge is -2.62. The molecule has 6 heteroatoms. The van der Waals surface area contributed by atoms with Gasteiger partial charge in [-0.2, -0.15) is 5.26 Å². The summed E-state index contributed by atoms with van der Waals surface area (Å²) in [5.74, 6) is 0. The van der Waals surface area contributed by atoms with Crippen molar-refractivity contribution >= 4 is 23.3 Å². The van der Waals surface area contributed by atoms with Crippen LogP contribution in [0, 0.1) is 16.7 Å². The normalized spacial score (nSPS) is 20.6. The van der Waals surface area contributed by atoms with Crippen LogP contribution in [-0.2, 0) is 0 Å². The summed E-state index contributed by atoms with van der Waals surface area (Å²) < 4.78 is 0. The molecule has 1 unspecified atom stereocenters. The number of likely N-dealkylation sites (tertiary alicyclic amines) is 2. The number of amides is 2. The zero-order valence-electron chi connectivity index (χ0n) is 17.4. The topological polar surface area (TPSA) is 59.4 Å². The lowest BCUT2D eigenvalue weighted by Crippen LogP contribution is -2.64. The quantitative estimate of drug-likeness (QED) is 0.730. The fraction of sp³-hybridized carbons (Fsp3) is 0.417. The van der Waals surface area contributed by atoms with Crippen LogP contribution in [0.2, 0.25) is 5.02 Å². The fourth-order valence-electron chi connectivity index (χ4n) is 4.87. The minimum atomic E-state index is -0.0716. The van der Waals surface area contributed by atoms with Crippen molar-refractivity contribution < 1.29 is 4.79 Å². The number of urea groups is 1. The van der Waals surface area contributed by atoms with Crippen molar-refractivity contribution in [1.29, 1.82) is 5.26 Å². The number of nitriles is 1. The highest BCUT2D eigenvalue weighted by atomic mass is 35.5. The van der Waals surface area contributed by atoms with Gasteiger partial charge in [0, 0.05) is 47.8 Å². The maximum absolute atomic E-state index is 12.7. The molecule has 0 aromatic heterocycles. The molecule has 30 heavy (non-hydrogen) atoms. The number of rotatable bonds is 3. The first-order chi connectivity index (χ1) is 14.4. The molecule has 0 aliphatic carbocycles. The van der Waals surface area contributed by atoms with Crippen LogP contribution in [0.25, 0.3) is 0 Å².